The number of carbonyl (C=O) groups excluding carboxylic acids is 1. The fourth-order valence-corrected chi connectivity index (χ4v) is 4.68. The van der Waals surface area contributed by atoms with Gasteiger partial charge in [0.05, 0.1) is 5.75 Å². The first-order valence-corrected chi connectivity index (χ1v) is 9.88. The topological polar surface area (TPSA) is 54.5 Å². The Morgan fingerprint density at radius 2 is 1.60 bits per heavy atom. The van der Waals surface area contributed by atoms with E-state index >= 15 is 0 Å². The number of Topliss-reactive ketones (excluding diaryl/α,β-unsaturated/α-hetero) is 1. The first-order valence-electron chi connectivity index (χ1n) is 8.27. The Labute approximate surface area is 147 Å². The Morgan fingerprint density at radius 3 is 2.20 bits per heavy atom. The minimum Gasteiger partial charge on any atom is -0.294 e. The van der Waals surface area contributed by atoms with Gasteiger partial charge in [-0.1, -0.05) is 42.5 Å². The number of sulfonamides is 1. The molecule has 0 atom stereocenters. The highest BCUT2D eigenvalue weighted by atomic mass is 32.2. The van der Waals surface area contributed by atoms with Crippen molar-refractivity contribution in [1.82, 2.24) is 4.31 Å². The molecular weight excluding hydrogens is 341 g/mol. The molecule has 0 unspecified atom stereocenters. The van der Waals surface area contributed by atoms with Gasteiger partial charge in [0, 0.05) is 24.6 Å². The summed E-state index contributed by atoms with van der Waals surface area (Å²) in [6, 6.07) is 14.6. The van der Waals surface area contributed by atoms with E-state index in [1.807, 2.05) is 18.2 Å². The molecular formula is C19H20FNO3S. The zero-order chi connectivity index (χ0) is 17.9. The van der Waals surface area contributed by atoms with E-state index in [-0.39, 0.29) is 23.3 Å². The van der Waals surface area contributed by atoms with Crippen molar-refractivity contribution in [3.63, 3.8) is 0 Å². The lowest BCUT2D eigenvalue weighted by Gasteiger charge is -2.30. The van der Waals surface area contributed by atoms with Gasteiger partial charge in [-0.3, -0.25) is 4.79 Å². The molecule has 0 aliphatic carbocycles. The van der Waals surface area contributed by atoms with Crippen molar-refractivity contribution in [3.8, 4) is 0 Å². The number of benzene rings is 2. The van der Waals surface area contributed by atoms with Crippen molar-refractivity contribution < 1.29 is 17.6 Å². The molecule has 3 rings (SSSR count). The lowest BCUT2D eigenvalue weighted by molar-refractivity contribution is 0.0875. The van der Waals surface area contributed by atoms with Gasteiger partial charge in [0.1, 0.15) is 5.82 Å². The summed E-state index contributed by atoms with van der Waals surface area (Å²) in [5, 5.41) is 0. The summed E-state index contributed by atoms with van der Waals surface area (Å²) in [4.78, 5) is 12.5. The van der Waals surface area contributed by atoms with Gasteiger partial charge >= 0.3 is 0 Å². The molecule has 1 aliphatic heterocycles. The van der Waals surface area contributed by atoms with Crippen molar-refractivity contribution >= 4 is 15.8 Å². The summed E-state index contributed by atoms with van der Waals surface area (Å²) in [7, 11) is -3.46. The molecule has 0 radical (unpaired) electrons. The monoisotopic (exact) mass is 361 g/mol. The molecule has 6 heteroatoms. The van der Waals surface area contributed by atoms with E-state index in [1.165, 1.54) is 28.6 Å². The van der Waals surface area contributed by atoms with Crippen LogP contribution in [0.1, 0.15) is 28.8 Å². The average Bonchev–Trinajstić information content (AvgIpc) is 2.64. The molecule has 4 nitrogen and oxygen atoms in total. The highest BCUT2D eigenvalue weighted by Gasteiger charge is 2.31. The maximum atomic E-state index is 12.9. The molecule has 25 heavy (non-hydrogen) atoms. The summed E-state index contributed by atoms with van der Waals surface area (Å²) in [6.07, 6.45) is 1.05. The van der Waals surface area contributed by atoms with Gasteiger partial charge in [0.25, 0.3) is 0 Å². The van der Waals surface area contributed by atoms with Crippen molar-refractivity contribution in [3.05, 3.63) is 71.5 Å². The Bertz CT molecular complexity index is 827. The fourth-order valence-electron chi connectivity index (χ4n) is 3.12. The third kappa shape index (κ3) is 4.32. The third-order valence-corrected chi connectivity index (χ3v) is 6.39. The normalized spacial score (nSPS) is 16.7. The van der Waals surface area contributed by atoms with Gasteiger partial charge in [-0.05, 0) is 30.5 Å². The summed E-state index contributed by atoms with van der Waals surface area (Å²) in [6.45, 7) is 0.680. The summed E-state index contributed by atoms with van der Waals surface area (Å²) >= 11 is 0. The van der Waals surface area contributed by atoms with E-state index in [0.717, 1.165) is 0 Å². The zero-order valence-corrected chi connectivity index (χ0v) is 14.6. The Morgan fingerprint density at radius 1 is 1.00 bits per heavy atom. The minimum absolute atomic E-state index is 0.0798. The maximum Gasteiger partial charge on any atom is 0.218 e. The van der Waals surface area contributed by atoms with Crippen LogP contribution in [0, 0.1) is 11.7 Å². The molecule has 0 saturated carbocycles. The number of carbonyl (C=O) groups is 1. The highest BCUT2D eigenvalue weighted by molar-refractivity contribution is 7.88. The number of rotatable bonds is 5. The molecule has 0 bridgehead atoms. The molecule has 0 aromatic heterocycles. The largest absolute Gasteiger partial charge is 0.294 e. The van der Waals surface area contributed by atoms with Crippen molar-refractivity contribution in [2.24, 2.45) is 5.92 Å². The molecule has 0 N–H and O–H groups in total. The second-order valence-electron chi connectivity index (χ2n) is 6.29. The number of nitrogens with zero attached hydrogens (tertiary/aromatic N) is 1. The number of halogens is 1. The minimum atomic E-state index is -3.46. The first-order chi connectivity index (χ1) is 12.0. The van der Waals surface area contributed by atoms with E-state index in [4.69, 9.17) is 0 Å². The molecule has 2 aromatic rings. The van der Waals surface area contributed by atoms with Crippen LogP contribution in [-0.2, 0) is 15.8 Å². The second kappa shape index (κ2) is 7.45. The molecule has 1 fully saturated rings. The van der Waals surface area contributed by atoms with Gasteiger partial charge in [0.15, 0.2) is 5.78 Å². The van der Waals surface area contributed by atoms with E-state index in [0.29, 0.717) is 37.1 Å². The fraction of sp³-hybridized carbons (Fsp3) is 0.316. The smallest absolute Gasteiger partial charge is 0.218 e. The Balaban J connectivity index is 1.61. The lowest BCUT2D eigenvalue weighted by atomic mass is 9.90. The molecule has 1 saturated heterocycles. The van der Waals surface area contributed by atoms with Crippen LogP contribution in [0.5, 0.6) is 0 Å². The van der Waals surface area contributed by atoms with Crippen molar-refractivity contribution in [2.75, 3.05) is 13.1 Å². The van der Waals surface area contributed by atoms with Gasteiger partial charge in [-0.15, -0.1) is 0 Å². The Kier molecular flexibility index (Phi) is 5.30. The predicted octanol–water partition coefficient (Wildman–Crippen LogP) is 3.25. The summed E-state index contributed by atoms with van der Waals surface area (Å²) in [5.41, 5.74) is 1.24. The number of hydrogen-bond acceptors (Lipinski definition) is 3. The zero-order valence-electron chi connectivity index (χ0n) is 13.8. The van der Waals surface area contributed by atoms with Crippen LogP contribution in [-0.4, -0.2) is 31.6 Å². The molecule has 0 amide bonds. The van der Waals surface area contributed by atoms with E-state index < -0.39 is 10.0 Å². The van der Waals surface area contributed by atoms with Gasteiger partial charge < -0.3 is 0 Å². The highest BCUT2D eigenvalue weighted by Crippen LogP contribution is 2.24. The van der Waals surface area contributed by atoms with Crippen molar-refractivity contribution in [1.29, 1.82) is 0 Å². The van der Waals surface area contributed by atoms with Gasteiger partial charge in [-0.25, -0.2) is 17.1 Å². The van der Waals surface area contributed by atoms with E-state index in [2.05, 4.69) is 0 Å². The molecule has 0 spiro atoms. The van der Waals surface area contributed by atoms with Crippen molar-refractivity contribution in [2.45, 2.75) is 18.6 Å². The Hall–Kier alpha value is -2.05. The molecule has 2 aromatic carbocycles. The predicted molar refractivity (Wildman–Crippen MR) is 94.1 cm³/mol. The van der Waals surface area contributed by atoms with Gasteiger partial charge in [-0.2, -0.15) is 0 Å². The van der Waals surface area contributed by atoms with Crippen LogP contribution in [0.2, 0.25) is 0 Å². The molecule has 1 heterocycles. The van der Waals surface area contributed by atoms with Crippen LogP contribution < -0.4 is 0 Å². The van der Waals surface area contributed by atoms with E-state index in [1.54, 1.807) is 12.1 Å². The average molecular weight is 361 g/mol. The van der Waals surface area contributed by atoms with Gasteiger partial charge in [0.2, 0.25) is 10.0 Å². The first kappa shape index (κ1) is 17.8. The molecule has 132 valence electrons. The second-order valence-corrected chi connectivity index (χ2v) is 8.26. The van der Waals surface area contributed by atoms with Crippen LogP contribution in [0.25, 0.3) is 0 Å². The number of hydrogen-bond donors (Lipinski definition) is 0. The number of ketones is 1. The van der Waals surface area contributed by atoms with Crippen LogP contribution in [0.3, 0.4) is 0 Å². The lowest BCUT2D eigenvalue weighted by Crippen LogP contribution is -2.40. The van der Waals surface area contributed by atoms with E-state index in [9.17, 15) is 17.6 Å². The summed E-state index contributed by atoms with van der Waals surface area (Å²) < 4.78 is 39.4. The third-order valence-electron chi connectivity index (χ3n) is 4.54. The van der Waals surface area contributed by atoms with Crippen LogP contribution in [0.4, 0.5) is 4.39 Å². The maximum absolute atomic E-state index is 12.9. The van der Waals surface area contributed by atoms with Crippen LogP contribution >= 0.6 is 0 Å². The number of piperidine rings is 1. The molecule has 1 aliphatic rings. The SMILES string of the molecule is O=C(c1ccccc1)C1CCN(S(=O)(=O)Cc2ccc(F)cc2)CC1. The summed E-state index contributed by atoms with van der Waals surface area (Å²) in [5.74, 6) is -0.595. The van der Waals surface area contributed by atoms with Crippen LogP contribution in [0.15, 0.2) is 54.6 Å². The standard InChI is InChI=1S/C19H20FNO3S/c20-18-8-6-15(7-9-18)14-25(23,24)21-12-10-17(11-13-21)19(22)16-4-2-1-3-5-16/h1-9,17H,10-14H2. The quantitative estimate of drug-likeness (QED) is 0.768.